The maximum absolute atomic E-state index is 12.4. The highest BCUT2D eigenvalue weighted by Gasteiger charge is 2.20. The van der Waals surface area contributed by atoms with E-state index in [9.17, 15) is 4.79 Å². The van der Waals surface area contributed by atoms with Crippen LogP contribution in [-0.2, 0) is 5.41 Å². The number of nitrogens with zero attached hydrogens (tertiary/aromatic N) is 2. The highest BCUT2D eigenvalue weighted by atomic mass is 16.5. The number of hydrogen-bond donors (Lipinski definition) is 1. The number of aromatic nitrogens is 2. The summed E-state index contributed by atoms with van der Waals surface area (Å²) in [5.74, 6) is 0.938. The van der Waals surface area contributed by atoms with Crippen molar-refractivity contribution < 1.29 is 9.32 Å². The maximum Gasteiger partial charge on any atom is 0.256 e. The van der Waals surface area contributed by atoms with E-state index >= 15 is 0 Å². The number of amides is 1. The van der Waals surface area contributed by atoms with Crippen molar-refractivity contribution in [1.29, 1.82) is 0 Å². The topological polar surface area (TPSA) is 60.1 Å². The van der Waals surface area contributed by atoms with Gasteiger partial charge in [-0.25, -0.2) is 0 Å². The monoisotopic (exact) mass is 309 g/mol. The summed E-state index contributed by atoms with van der Waals surface area (Å²) >= 11 is 0. The summed E-state index contributed by atoms with van der Waals surface area (Å²) in [4.78, 5) is 12.4. The van der Waals surface area contributed by atoms with Crippen LogP contribution in [0.25, 0.3) is 5.69 Å². The predicted octanol–water partition coefficient (Wildman–Crippen LogP) is 4.02. The van der Waals surface area contributed by atoms with Crippen molar-refractivity contribution in [2.75, 3.05) is 5.32 Å². The lowest BCUT2D eigenvalue weighted by Crippen LogP contribution is -2.13. The van der Waals surface area contributed by atoms with E-state index in [1.165, 1.54) is 0 Å². The number of carbonyl (C=O) groups is 1. The molecule has 0 aliphatic rings. The molecule has 3 aromatic rings. The van der Waals surface area contributed by atoms with E-state index in [0.717, 1.165) is 11.4 Å². The van der Waals surface area contributed by atoms with Crippen molar-refractivity contribution in [3.63, 3.8) is 0 Å². The van der Waals surface area contributed by atoms with Gasteiger partial charge < -0.3 is 14.4 Å². The molecule has 0 atom stereocenters. The first-order valence-corrected chi connectivity index (χ1v) is 7.45. The minimum Gasteiger partial charge on any atom is -0.359 e. The second-order valence-electron chi connectivity index (χ2n) is 6.42. The summed E-state index contributed by atoms with van der Waals surface area (Å²) in [6, 6.07) is 13.0. The molecule has 0 aliphatic carbocycles. The standard InChI is InChI=1S/C18H19N3O2/c1-18(2,3)15-12-16(20-23-15)19-17(22)13-7-6-8-14(11-13)21-9-4-5-10-21/h4-12H,1-3H3,(H,19,20,22). The summed E-state index contributed by atoms with van der Waals surface area (Å²) in [6.45, 7) is 6.08. The smallest absolute Gasteiger partial charge is 0.256 e. The first-order valence-electron chi connectivity index (χ1n) is 7.45. The van der Waals surface area contributed by atoms with E-state index in [1.54, 1.807) is 12.1 Å². The van der Waals surface area contributed by atoms with Crippen molar-refractivity contribution in [3.8, 4) is 5.69 Å². The lowest BCUT2D eigenvalue weighted by Gasteiger charge is -2.12. The van der Waals surface area contributed by atoms with E-state index in [0.29, 0.717) is 11.4 Å². The van der Waals surface area contributed by atoms with Gasteiger partial charge in [-0.3, -0.25) is 4.79 Å². The first-order chi connectivity index (χ1) is 10.9. The van der Waals surface area contributed by atoms with E-state index < -0.39 is 0 Å². The number of nitrogens with one attached hydrogen (secondary N) is 1. The van der Waals surface area contributed by atoms with Crippen molar-refractivity contribution in [1.82, 2.24) is 9.72 Å². The van der Waals surface area contributed by atoms with Gasteiger partial charge in [-0.2, -0.15) is 0 Å². The summed E-state index contributed by atoms with van der Waals surface area (Å²) in [6.07, 6.45) is 3.87. The molecule has 0 unspecified atom stereocenters. The van der Waals surface area contributed by atoms with Crippen LogP contribution in [0.3, 0.4) is 0 Å². The Morgan fingerprint density at radius 1 is 1.13 bits per heavy atom. The molecule has 0 fully saturated rings. The van der Waals surface area contributed by atoms with Crippen molar-refractivity contribution >= 4 is 11.7 Å². The van der Waals surface area contributed by atoms with Gasteiger partial charge in [0, 0.05) is 35.1 Å². The Balaban J connectivity index is 1.79. The van der Waals surface area contributed by atoms with Gasteiger partial charge in [0.05, 0.1) is 0 Å². The Kier molecular flexibility index (Phi) is 3.78. The minimum absolute atomic E-state index is 0.148. The Labute approximate surface area is 134 Å². The van der Waals surface area contributed by atoms with Crippen LogP contribution in [0.1, 0.15) is 36.9 Å². The van der Waals surface area contributed by atoms with Crippen LogP contribution in [0.2, 0.25) is 0 Å². The van der Waals surface area contributed by atoms with Crippen LogP contribution in [0, 0.1) is 0 Å². The molecule has 1 aromatic carbocycles. The molecule has 1 N–H and O–H groups in total. The fourth-order valence-electron chi connectivity index (χ4n) is 2.19. The molecule has 0 spiro atoms. The summed E-state index contributed by atoms with van der Waals surface area (Å²) in [5.41, 5.74) is 1.35. The van der Waals surface area contributed by atoms with Crippen molar-refractivity contribution in [2.24, 2.45) is 0 Å². The van der Waals surface area contributed by atoms with E-state index in [-0.39, 0.29) is 11.3 Å². The Morgan fingerprint density at radius 3 is 2.52 bits per heavy atom. The average molecular weight is 309 g/mol. The summed E-state index contributed by atoms with van der Waals surface area (Å²) in [7, 11) is 0. The molecule has 0 bridgehead atoms. The molecule has 0 saturated heterocycles. The van der Waals surface area contributed by atoms with E-state index in [1.807, 2.05) is 68.1 Å². The van der Waals surface area contributed by atoms with Gasteiger partial charge in [-0.15, -0.1) is 0 Å². The maximum atomic E-state index is 12.4. The van der Waals surface area contributed by atoms with Crippen LogP contribution in [0.15, 0.2) is 59.4 Å². The number of rotatable bonds is 3. The molecule has 0 saturated carbocycles. The van der Waals surface area contributed by atoms with Gasteiger partial charge >= 0.3 is 0 Å². The molecule has 5 nitrogen and oxygen atoms in total. The fraction of sp³-hybridized carbons (Fsp3) is 0.222. The molecule has 23 heavy (non-hydrogen) atoms. The third-order valence-corrected chi connectivity index (χ3v) is 3.50. The fourth-order valence-corrected chi connectivity index (χ4v) is 2.19. The quantitative estimate of drug-likeness (QED) is 0.795. The minimum atomic E-state index is -0.215. The first kappa shape index (κ1) is 15.1. The normalized spacial score (nSPS) is 11.4. The Bertz CT molecular complexity index is 811. The second kappa shape index (κ2) is 5.76. The number of benzene rings is 1. The molecule has 118 valence electrons. The van der Waals surface area contributed by atoms with Gasteiger partial charge in [0.2, 0.25) is 0 Å². The third-order valence-electron chi connectivity index (χ3n) is 3.50. The number of anilines is 1. The highest BCUT2D eigenvalue weighted by molar-refractivity contribution is 6.04. The van der Waals surface area contributed by atoms with Crippen molar-refractivity contribution in [2.45, 2.75) is 26.2 Å². The molecule has 2 aromatic heterocycles. The number of hydrogen-bond acceptors (Lipinski definition) is 3. The summed E-state index contributed by atoms with van der Waals surface area (Å²) < 4.78 is 7.23. The zero-order chi connectivity index (χ0) is 16.4. The average Bonchev–Trinajstić information content (AvgIpc) is 3.18. The van der Waals surface area contributed by atoms with Gasteiger partial charge in [0.1, 0.15) is 5.76 Å². The van der Waals surface area contributed by atoms with Crippen LogP contribution < -0.4 is 5.32 Å². The van der Waals surface area contributed by atoms with Gasteiger partial charge in [0.25, 0.3) is 5.91 Å². The van der Waals surface area contributed by atoms with E-state index in [2.05, 4.69) is 10.5 Å². The SMILES string of the molecule is CC(C)(C)c1cc(NC(=O)c2cccc(-n3cccc3)c2)no1. The zero-order valence-electron chi connectivity index (χ0n) is 13.4. The van der Waals surface area contributed by atoms with E-state index in [4.69, 9.17) is 4.52 Å². The van der Waals surface area contributed by atoms with Crippen LogP contribution in [-0.4, -0.2) is 15.6 Å². The Morgan fingerprint density at radius 2 is 1.87 bits per heavy atom. The lowest BCUT2D eigenvalue weighted by molar-refractivity contribution is 0.102. The lowest BCUT2D eigenvalue weighted by atomic mass is 9.93. The Hall–Kier alpha value is -2.82. The molecule has 0 radical (unpaired) electrons. The molecule has 1 amide bonds. The molecule has 3 rings (SSSR count). The largest absolute Gasteiger partial charge is 0.359 e. The molecule has 2 heterocycles. The summed E-state index contributed by atoms with van der Waals surface area (Å²) in [5, 5.41) is 6.68. The van der Waals surface area contributed by atoms with Crippen LogP contribution >= 0.6 is 0 Å². The van der Waals surface area contributed by atoms with Crippen molar-refractivity contribution in [3.05, 3.63) is 66.2 Å². The second-order valence-corrected chi connectivity index (χ2v) is 6.42. The highest BCUT2D eigenvalue weighted by Crippen LogP contribution is 2.24. The van der Waals surface area contributed by atoms with Crippen LogP contribution in [0.5, 0.6) is 0 Å². The molecular weight excluding hydrogens is 290 g/mol. The zero-order valence-corrected chi connectivity index (χ0v) is 13.4. The molecule has 5 heteroatoms. The molecular formula is C18H19N3O2. The van der Waals surface area contributed by atoms with Gasteiger partial charge in [0.15, 0.2) is 5.82 Å². The predicted molar refractivity (Wildman–Crippen MR) is 88.9 cm³/mol. The van der Waals surface area contributed by atoms with Crippen LogP contribution in [0.4, 0.5) is 5.82 Å². The molecule has 0 aliphatic heterocycles. The third kappa shape index (κ3) is 3.34. The van der Waals surface area contributed by atoms with Gasteiger partial charge in [-0.1, -0.05) is 32.0 Å². The van der Waals surface area contributed by atoms with Gasteiger partial charge in [-0.05, 0) is 30.3 Å². The number of carbonyl (C=O) groups excluding carboxylic acids is 1.